The molecule has 21 heavy (non-hydrogen) atoms. The molecule has 0 aliphatic carbocycles. The Morgan fingerprint density at radius 1 is 1.48 bits per heavy atom. The van der Waals surface area contributed by atoms with Gasteiger partial charge < -0.3 is 9.15 Å². The maximum Gasteiger partial charge on any atom is 0.396 e. The number of carbonyl (C=O) groups is 1. The Kier molecular flexibility index (Phi) is 4.53. The zero-order valence-electron chi connectivity index (χ0n) is 11.2. The van der Waals surface area contributed by atoms with E-state index in [0.717, 1.165) is 17.3 Å². The van der Waals surface area contributed by atoms with E-state index in [0.29, 0.717) is 4.90 Å². The number of rotatable bonds is 5. The molecule has 110 valence electrons. The van der Waals surface area contributed by atoms with Gasteiger partial charge in [0, 0.05) is 6.07 Å². The molecule has 0 bridgehead atoms. The van der Waals surface area contributed by atoms with Crippen molar-refractivity contribution in [1.29, 1.82) is 0 Å². The van der Waals surface area contributed by atoms with Crippen molar-refractivity contribution < 1.29 is 18.9 Å². The molecule has 0 amide bonds. The van der Waals surface area contributed by atoms with E-state index in [9.17, 15) is 14.9 Å². The number of esters is 1. The summed E-state index contributed by atoms with van der Waals surface area (Å²) < 4.78 is 9.83. The van der Waals surface area contributed by atoms with Crippen LogP contribution in [0.3, 0.4) is 0 Å². The van der Waals surface area contributed by atoms with Crippen LogP contribution >= 0.6 is 11.8 Å². The van der Waals surface area contributed by atoms with Crippen LogP contribution in [0.15, 0.2) is 32.7 Å². The fraction of sp³-hybridized carbons (Fsp3) is 0.250. The molecule has 0 radical (unpaired) electrons. The Morgan fingerprint density at radius 2 is 2.24 bits per heavy atom. The molecule has 9 heteroatoms. The summed E-state index contributed by atoms with van der Waals surface area (Å²) in [7, 11) is 0. The second kappa shape index (κ2) is 6.35. The first-order valence-electron chi connectivity index (χ1n) is 5.94. The van der Waals surface area contributed by atoms with Crippen molar-refractivity contribution in [1.82, 2.24) is 10.2 Å². The maximum absolute atomic E-state index is 11.4. The van der Waals surface area contributed by atoms with Crippen molar-refractivity contribution >= 4 is 23.4 Å². The van der Waals surface area contributed by atoms with Crippen LogP contribution < -0.4 is 0 Å². The predicted molar refractivity (Wildman–Crippen MR) is 72.2 cm³/mol. The lowest BCUT2D eigenvalue weighted by atomic mass is 10.2. The summed E-state index contributed by atoms with van der Waals surface area (Å²) >= 11 is 0.918. The quantitative estimate of drug-likeness (QED) is 0.471. The topological polar surface area (TPSA) is 108 Å². The third-order valence-corrected chi connectivity index (χ3v) is 3.27. The summed E-state index contributed by atoms with van der Waals surface area (Å²) in [5.74, 6) is -1.01. The Morgan fingerprint density at radius 3 is 2.90 bits per heavy atom. The number of carbonyl (C=O) groups excluding carboxylic acids is 1. The lowest BCUT2D eigenvalue weighted by Crippen LogP contribution is -2.04. The van der Waals surface area contributed by atoms with Crippen LogP contribution in [0.2, 0.25) is 0 Å². The van der Waals surface area contributed by atoms with Crippen molar-refractivity contribution in [3.63, 3.8) is 0 Å². The van der Waals surface area contributed by atoms with Gasteiger partial charge in [0.2, 0.25) is 0 Å². The van der Waals surface area contributed by atoms with Crippen molar-refractivity contribution in [2.75, 3.05) is 6.61 Å². The van der Waals surface area contributed by atoms with E-state index in [1.807, 2.05) is 0 Å². The van der Waals surface area contributed by atoms with Crippen LogP contribution in [0.5, 0.6) is 0 Å². The summed E-state index contributed by atoms with van der Waals surface area (Å²) in [5.41, 5.74) is 0.708. The molecular weight excluding hydrogens is 298 g/mol. The highest BCUT2D eigenvalue weighted by molar-refractivity contribution is 7.99. The van der Waals surface area contributed by atoms with Crippen LogP contribution in [0.25, 0.3) is 0 Å². The molecule has 1 aromatic heterocycles. The highest BCUT2D eigenvalue weighted by Crippen LogP contribution is 2.34. The van der Waals surface area contributed by atoms with Crippen LogP contribution in [-0.4, -0.2) is 27.7 Å². The maximum atomic E-state index is 11.4. The van der Waals surface area contributed by atoms with Gasteiger partial charge in [-0.05, 0) is 37.2 Å². The van der Waals surface area contributed by atoms with Gasteiger partial charge in [-0.3, -0.25) is 10.1 Å². The summed E-state index contributed by atoms with van der Waals surface area (Å²) in [5, 5.41) is 18.2. The molecule has 0 saturated heterocycles. The SMILES string of the molecule is CCOC(=O)c1nnc(Sc2ccc(C)cc2[N+](=O)[O-])o1. The van der Waals surface area contributed by atoms with E-state index in [2.05, 4.69) is 10.2 Å². The standard InChI is InChI=1S/C12H11N3O5S/c1-3-19-11(16)10-13-14-12(20-10)21-9-5-4-7(2)6-8(9)15(17)18/h4-6H,3H2,1-2H3. The molecule has 0 atom stereocenters. The number of nitro groups is 1. The van der Waals surface area contributed by atoms with Crippen molar-refractivity contribution in [2.24, 2.45) is 0 Å². The molecule has 1 aromatic carbocycles. The highest BCUT2D eigenvalue weighted by atomic mass is 32.2. The molecule has 0 saturated carbocycles. The number of aromatic nitrogens is 2. The number of aryl methyl sites for hydroxylation is 1. The smallest absolute Gasteiger partial charge is 0.396 e. The summed E-state index contributed by atoms with van der Waals surface area (Å²) in [4.78, 5) is 22.3. The molecule has 0 aliphatic rings. The molecule has 0 spiro atoms. The minimum absolute atomic E-state index is 0.0324. The molecule has 0 aliphatic heterocycles. The van der Waals surface area contributed by atoms with E-state index in [1.165, 1.54) is 6.07 Å². The van der Waals surface area contributed by atoms with E-state index in [4.69, 9.17) is 9.15 Å². The highest BCUT2D eigenvalue weighted by Gasteiger charge is 2.20. The number of nitrogens with zero attached hydrogens (tertiary/aromatic N) is 3. The lowest BCUT2D eigenvalue weighted by molar-refractivity contribution is -0.387. The second-order valence-corrected chi connectivity index (χ2v) is 4.92. The summed E-state index contributed by atoms with van der Waals surface area (Å²) in [6, 6.07) is 4.77. The molecular formula is C12H11N3O5S. The molecule has 0 N–H and O–H groups in total. The zero-order chi connectivity index (χ0) is 15.4. The average molecular weight is 309 g/mol. The first-order valence-corrected chi connectivity index (χ1v) is 6.76. The van der Waals surface area contributed by atoms with Crippen LogP contribution in [0.1, 0.15) is 23.2 Å². The van der Waals surface area contributed by atoms with E-state index < -0.39 is 10.9 Å². The van der Waals surface area contributed by atoms with Crippen LogP contribution in [0, 0.1) is 17.0 Å². The van der Waals surface area contributed by atoms with Crippen LogP contribution in [0.4, 0.5) is 5.69 Å². The number of hydrogen-bond acceptors (Lipinski definition) is 8. The lowest BCUT2D eigenvalue weighted by Gasteiger charge is -2.00. The molecule has 0 fully saturated rings. The number of ether oxygens (including phenoxy) is 1. The number of hydrogen-bond donors (Lipinski definition) is 0. The van der Waals surface area contributed by atoms with Gasteiger partial charge in [-0.1, -0.05) is 11.2 Å². The van der Waals surface area contributed by atoms with Gasteiger partial charge in [0.25, 0.3) is 10.9 Å². The van der Waals surface area contributed by atoms with Crippen molar-refractivity contribution in [3.8, 4) is 0 Å². The first kappa shape index (κ1) is 15.0. The number of benzene rings is 1. The monoisotopic (exact) mass is 309 g/mol. The average Bonchev–Trinajstić information content (AvgIpc) is 2.89. The molecule has 0 unspecified atom stereocenters. The molecule has 2 rings (SSSR count). The molecule has 2 aromatic rings. The molecule has 8 nitrogen and oxygen atoms in total. The van der Waals surface area contributed by atoms with Gasteiger partial charge in [0.05, 0.1) is 16.4 Å². The third-order valence-electron chi connectivity index (χ3n) is 2.36. The Hall–Kier alpha value is -2.42. The Balaban J connectivity index is 2.23. The fourth-order valence-corrected chi connectivity index (χ4v) is 2.24. The van der Waals surface area contributed by atoms with E-state index in [1.54, 1.807) is 26.0 Å². The Labute approximate surface area is 123 Å². The van der Waals surface area contributed by atoms with E-state index >= 15 is 0 Å². The summed E-state index contributed by atoms with van der Waals surface area (Å²) in [6.07, 6.45) is 0. The van der Waals surface area contributed by atoms with Gasteiger partial charge in [-0.25, -0.2) is 4.79 Å². The Bertz CT molecular complexity index is 685. The third kappa shape index (κ3) is 3.57. The van der Waals surface area contributed by atoms with Gasteiger partial charge in [0.15, 0.2) is 0 Å². The first-order chi connectivity index (χ1) is 10.0. The van der Waals surface area contributed by atoms with Gasteiger partial charge in [-0.15, -0.1) is 5.10 Å². The normalized spacial score (nSPS) is 10.4. The largest absolute Gasteiger partial charge is 0.459 e. The van der Waals surface area contributed by atoms with Crippen LogP contribution in [-0.2, 0) is 4.74 Å². The second-order valence-electron chi connectivity index (χ2n) is 3.92. The van der Waals surface area contributed by atoms with Gasteiger partial charge in [-0.2, -0.15) is 0 Å². The predicted octanol–water partition coefficient (Wildman–Crippen LogP) is 2.61. The van der Waals surface area contributed by atoms with Crippen molar-refractivity contribution in [3.05, 3.63) is 39.8 Å². The fourth-order valence-electron chi connectivity index (χ4n) is 1.48. The summed E-state index contributed by atoms with van der Waals surface area (Å²) in [6.45, 7) is 3.60. The minimum Gasteiger partial charge on any atom is -0.459 e. The van der Waals surface area contributed by atoms with Crippen molar-refractivity contribution in [2.45, 2.75) is 24.0 Å². The van der Waals surface area contributed by atoms with Gasteiger partial charge >= 0.3 is 11.9 Å². The zero-order valence-corrected chi connectivity index (χ0v) is 12.0. The minimum atomic E-state index is -0.727. The molecule has 1 heterocycles. The van der Waals surface area contributed by atoms with Gasteiger partial charge in [0.1, 0.15) is 0 Å². The van der Waals surface area contributed by atoms with E-state index in [-0.39, 0.29) is 23.4 Å². The number of nitro benzene ring substituents is 1.